The van der Waals surface area contributed by atoms with Crippen molar-refractivity contribution in [2.24, 2.45) is 5.73 Å². The molecular weight excluding hydrogens is 195 g/mol. The van der Waals surface area contributed by atoms with Gasteiger partial charge in [-0.2, -0.15) is 0 Å². The summed E-state index contributed by atoms with van der Waals surface area (Å²) in [6, 6.07) is 4.57. The monoisotopic (exact) mass is 210 g/mol. The lowest BCUT2D eigenvalue weighted by Gasteiger charge is -2.06. The van der Waals surface area contributed by atoms with Crippen LogP contribution in [-0.2, 0) is 11.3 Å². The van der Waals surface area contributed by atoms with Crippen LogP contribution in [0.4, 0.5) is 10.1 Å². The average Bonchev–Trinajstić information content (AvgIpc) is 2.21. The third-order valence-electron chi connectivity index (χ3n) is 2.02. The van der Waals surface area contributed by atoms with Crippen LogP contribution in [0.15, 0.2) is 18.2 Å². The Balaban J connectivity index is 2.73. The predicted octanol–water partition coefficient (Wildman–Crippen LogP) is 2.02. The van der Waals surface area contributed by atoms with Gasteiger partial charge >= 0.3 is 0 Å². The number of carbonyl (C=O) groups is 1. The van der Waals surface area contributed by atoms with Crippen molar-refractivity contribution in [3.05, 3.63) is 29.6 Å². The third kappa shape index (κ3) is 3.32. The van der Waals surface area contributed by atoms with Gasteiger partial charge in [-0.25, -0.2) is 4.39 Å². The quantitative estimate of drug-likeness (QED) is 0.798. The maximum atomic E-state index is 13.4. The highest BCUT2D eigenvalue weighted by atomic mass is 19.1. The average molecular weight is 210 g/mol. The molecule has 82 valence electrons. The number of rotatable bonds is 4. The van der Waals surface area contributed by atoms with E-state index in [4.69, 9.17) is 5.73 Å². The Bertz CT molecular complexity index is 352. The minimum absolute atomic E-state index is 0.170. The van der Waals surface area contributed by atoms with E-state index < -0.39 is 5.82 Å². The van der Waals surface area contributed by atoms with E-state index in [1.807, 2.05) is 6.92 Å². The van der Waals surface area contributed by atoms with Crippen molar-refractivity contribution < 1.29 is 9.18 Å². The lowest BCUT2D eigenvalue weighted by atomic mass is 10.2. The number of anilines is 1. The van der Waals surface area contributed by atoms with Crippen molar-refractivity contribution in [2.45, 2.75) is 26.3 Å². The van der Waals surface area contributed by atoms with E-state index >= 15 is 0 Å². The second kappa shape index (κ2) is 5.46. The SMILES string of the molecule is CCCC(=O)Nc1ccc(CN)cc1F. The summed E-state index contributed by atoms with van der Waals surface area (Å²) in [5.41, 5.74) is 6.29. The zero-order valence-electron chi connectivity index (χ0n) is 8.72. The van der Waals surface area contributed by atoms with E-state index in [1.165, 1.54) is 12.1 Å². The molecule has 0 fully saturated rings. The molecule has 1 aromatic carbocycles. The standard InChI is InChI=1S/C11H15FN2O/c1-2-3-11(15)14-10-5-4-8(7-13)6-9(10)12/h4-6H,2-3,7,13H2,1H3,(H,14,15). The molecule has 3 N–H and O–H groups in total. The third-order valence-corrected chi connectivity index (χ3v) is 2.02. The van der Waals surface area contributed by atoms with Crippen LogP contribution in [0.2, 0.25) is 0 Å². The van der Waals surface area contributed by atoms with Crippen molar-refractivity contribution in [1.29, 1.82) is 0 Å². The van der Waals surface area contributed by atoms with Crippen LogP contribution in [0.5, 0.6) is 0 Å². The molecule has 0 aliphatic rings. The summed E-state index contributed by atoms with van der Waals surface area (Å²) in [7, 11) is 0. The minimum atomic E-state index is -0.442. The number of benzene rings is 1. The summed E-state index contributed by atoms with van der Waals surface area (Å²) in [5.74, 6) is -0.612. The summed E-state index contributed by atoms with van der Waals surface area (Å²) >= 11 is 0. The first-order valence-electron chi connectivity index (χ1n) is 4.95. The second-order valence-electron chi connectivity index (χ2n) is 3.32. The molecule has 3 nitrogen and oxygen atoms in total. The van der Waals surface area contributed by atoms with Gasteiger partial charge in [-0.3, -0.25) is 4.79 Å². The molecule has 0 aromatic heterocycles. The molecule has 0 heterocycles. The zero-order chi connectivity index (χ0) is 11.3. The van der Waals surface area contributed by atoms with E-state index in [2.05, 4.69) is 5.32 Å². The van der Waals surface area contributed by atoms with Gasteiger partial charge in [0.2, 0.25) is 5.91 Å². The minimum Gasteiger partial charge on any atom is -0.326 e. The van der Waals surface area contributed by atoms with Crippen LogP contribution < -0.4 is 11.1 Å². The smallest absolute Gasteiger partial charge is 0.224 e. The Morgan fingerprint density at radius 2 is 2.27 bits per heavy atom. The molecule has 0 unspecified atom stereocenters. The topological polar surface area (TPSA) is 55.1 Å². The molecule has 0 saturated carbocycles. The summed E-state index contributed by atoms with van der Waals surface area (Å²) in [4.78, 5) is 11.2. The summed E-state index contributed by atoms with van der Waals surface area (Å²) in [6.07, 6.45) is 1.15. The summed E-state index contributed by atoms with van der Waals surface area (Å²) < 4.78 is 13.4. The number of hydrogen-bond donors (Lipinski definition) is 2. The van der Waals surface area contributed by atoms with Crippen LogP contribution in [-0.4, -0.2) is 5.91 Å². The van der Waals surface area contributed by atoms with Gasteiger partial charge in [0.25, 0.3) is 0 Å². The fraction of sp³-hybridized carbons (Fsp3) is 0.364. The molecule has 15 heavy (non-hydrogen) atoms. The maximum Gasteiger partial charge on any atom is 0.224 e. The van der Waals surface area contributed by atoms with Crippen molar-refractivity contribution in [1.82, 2.24) is 0 Å². The Hall–Kier alpha value is -1.42. The van der Waals surface area contributed by atoms with E-state index in [9.17, 15) is 9.18 Å². The number of halogens is 1. The second-order valence-corrected chi connectivity index (χ2v) is 3.32. The van der Waals surface area contributed by atoms with E-state index in [0.29, 0.717) is 18.5 Å². The van der Waals surface area contributed by atoms with Crippen molar-refractivity contribution in [3.8, 4) is 0 Å². The van der Waals surface area contributed by atoms with Crippen LogP contribution in [0, 0.1) is 5.82 Å². The van der Waals surface area contributed by atoms with E-state index in [0.717, 1.165) is 6.42 Å². The number of carbonyl (C=O) groups excluding carboxylic acids is 1. The number of nitrogens with two attached hydrogens (primary N) is 1. The predicted molar refractivity (Wildman–Crippen MR) is 57.8 cm³/mol. The number of amides is 1. The molecule has 0 spiro atoms. The Labute approximate surface area is 88.5 Å². The lowest BCUT2D eigenvalue weighted by molar-refractivity contribution is -0.116. The van der Waals surface area contributed by atoms with Crippen LogP contribution >= 0.6 is 0 Å². The molecule has 1 amide bonds. The van der Waals surface area contributed by atoms with Gasteiger partial charge in [0.1, 0.15) is 5.82 Å². The fourth-order valence-electron chi connectivity index (χ4n) is 1.23. The number of nitrogens with one attached hydrogen (secondary N) is 1. The Kier molecular flexibility index (Phi) is 4.24. The highest BCUT2D eigenvalue weighted by Gasteiger charge is 2.06. The van der Waals surface area contributed by atoms with Crippen LogP contribution in [0.25, 0.3) is 0 Å². The molecule has 0 aliphatic carbocycles. The molecular formula is C11H15FN2O. The fourth-order valence-corrected chi connectivity index (χ4v) is 1.23. The normalized spacial score (nSPS) is 10.1. The molecule has 0 saturated heterocycles. The first kappa shape index (κ1) is 11.7. The molecule has 0 atom stereocenters. The molecule has 4 heteroatoms. The van der Waals surface area contributed by atoms with Gasteiger partial charge in [-0.1, -0.05) is 13.0 Å². The van der Waals surface area contributed by atoms with Crippen molar-refractivity contribution >= 4 is 11.6 Å². The van der Waals surface area contributed by atoms with E-state index in [1.54, 1.807) is 6.07 Å². The van der Waals surface area contributed by atoms with Crippen molar-refractivity contribution in [3.63, 3.8) is 0 Å². The molecule has 0 bridgehead atoms. The van der Waals surface area contributed by atoms with Gasteiger partial charge in [0.15, 0.2) is 0 Å². The highest BCUT2D eigenvalue weighted by molar-refractivity contribution is 5.90. The zero-order valence-corrected chi connectivity index (χ0v) is 8.72. The van der Waals surface area contributed by atoms with Crippen LogP contribution in [0.3, 0.4) is 0 Å². The van der Waals surface area contributed by atoms with Gasteiger partial charge < -0.3 is 11.1 Å². The van der Waals surface area contributed by atoms with Crippen LogP contribution in [0.1, 0.15) is 25.3 Å². The van der Waals surface area contributed by atoms with Gasteiger partial charge in [-0.15, -0.1) is 0 Å². The van der Waals surface area contributed by atoms with Gasteiger partial charge in [0, 0.05) is 13.0 Å². The molecule has 0 aliphatic heterocycles. The summed E-state index contributed by atoms with van der Waals surface area (Å²) in [5, 5.41) is 2.51. The molecule has 1 aromatic rings. The molecule has 0 radical (unpaired) electrons. The van der Waals surface area contributed by atoms with E-state index in [-0.39, 0.29) is 11.6 Å². The summed E-state index contributed by atoms with van der Waals surface area (Å²) in [6.45, 7) is 2.19. The highest BCUT2D eigenvalue weighted by Crippen LogP contribution is 2.15. The Morgan fingerprint density at radius 3 is 2.80 bits per heavy atom. The largest absolute Gasteiger partial charge is 0.326 e. The maximum absolute atomic E-state index is 13.4. The lowest BCUT2D eigenvalue weighted by Crippen LogP contribution is -2.12. The van der Waals surface area contributed by atoms with Gasteiger partial charge in [-0.05, 0) is 24.1 Å². The number of hydrogen-bond acceptors (Lipinski definition) is 2. The Morgan fingerprint density at radius 1 is 1.53 bits per heavy atom. The molecule has 1 rings (SSSR count). The van der Waals surface area contributed by atoms with Gasteiger partial charge in [0.05, 0.1) is 5.69 Å². The first-order chi connectivity index (χ1) is 7.17. The first-order valence-corrected chi connectivity index (χ1v) is 4.95. The van der Waals surface area contributed by atoms with Crippen molar-refractivity contribution in [2.75, 3.05) is 5.32 Å².